The summed E-state index contributed by atoms with van der Waals surface area (Å²) in [5.41, 5.74) is 1.32. The largest absolute Gasteiger partial charge is 0.296 e. The molecule has 0 spiro atoms. The molecule has 0 radical (unpaired) electrons. The van der Waals surface area contributed by atoms with Gasteiger partial charge in [0.1, 0.15) is 0 Å². The van der Waals surface area contributed by atoms with Gasteiger partial charge in [-0.2, -0.15) is 5.10 Å². The van der Waals surface area contributed by atoms with Crippen LogP contribution in [0.3, 0.4) is 0 Å². The third kappa shape index (κ3) is 2.96. The van der Waals surface area contributed by atoms with E-state index in [4.69, 9.17) is 0 Å². The Labute approximate surface area is 122 Å². The van der Waals surface area contributed by atoms with Crippen molar-refractivity contribution >= 4 is 0 Å². The smallest absolute Gasteiger partial charge is 0.0587 e. The number of likely N-dealkylation sites (tertiary alicyclic amines) is 2. The standard InChI is InChI=1S/C16H26N4/c1-3-7-19-11-15(9-17-19)10-18-12-16(13-18)20-8-5-4-6-14(20)2/h3,9,11,14,16H,1,4-8,10,12-13H2,2H3. The number of rotatable bonds is 5. The summed E-state index contributed by atoms with van der Waals surface area (Å²) in [6, 6.07) is 1.57. The van der Waals surface area contributed by atoms with Gasteiger partial charge in [0.2, 0.25) is 0 Å². The van der Waals surface area contributed by atoms with Gasteiger partial charge in [-0.1, -0.05) is 12.5 Å². The van der Waals surface area contributed by atoms with Crippen molar-refractivity contribution in [3.05, 3.63) is 30.6 Å². The Bertz CT molecular complexity index is 447. The van der Waals surface area contributed by atoms with Gasteiger partial charge in [0.25, 0.3) is 0 Å². The third-order valence-electron chi connectivity index (χ3n) is 4.67. The molecule has 4 nitrogen and oxygen atoms in total. The number of allylic oxidation sites excluding steroid dienone is 1. The van der Waals surface area contributed by atoms with Crippen LogP contribution >= 0.6 is 0 Å². The molecule has 4 heteroatoms. The predicted molar refractivity (Wildman–Crippen MR) is 81.5 cm³/mol. The number of hydrogen-bond donors (Lipinski definition) is 0. The Morgan fingerprint density at radius 1 is 1.40 bits per heavy atom. The Hall–Kier alpha value is -1.13. The van der Waals surface area contributed by atoms with Crippen molar-refractivity contribution in [2.45, 2.75) is 51.4 Å². The van der Waals surface area contributed by atoms with Crippen LogP contribution in [0, 0.1) is 0 Å². The fourth-order valence-electron chi connectivity index (χ4n) is 3.52. The third-order valence-corrected chi connectivity index (χ3v) is 4.67. The summed E-state index contributed by atoms with van der Waals surface area (Å²) in [4.78, 5) is 5.25. The lowest BCUT2D eigenvalue weighted by Crippen LogP contribution is -2.61. The van der Waals surface area contributed by atoms with E-state index in [0.29, 0.717) is 0 Å². The minimum absolute atomic E-state index is 0.784. The molecule has 2 aliphatic heterocycles. The maximum absolute atomic E-state index is 4.35. The van der Waals surface area contributed by atoms with Crippen LogP contribution in [-0.2, 0) is 13.1 Å². The lowest BCUT2D eigenvalue weighted by Gasteiger charge is -2.49. The van der Waals surface area contributed by atoms with Gasteiger partial charge in [-0.05, 0) is 26.3 Å². The highest BCUT2D eigenvalue weighted by molar-refractivity contribution is 5.06. The lowest BCUT2D eigenvalue weighted by molar-refractivity contribution is -0.00621. The lowest BCUT2D eigenvalue weighted by atomic mass is 9.97. The maximum atomic E-state index is 4.35. The molecule has 0 aliphatic carbocycles. The number of hydrogen-bond acceptors (Lipinski definition) is 3. The van der Waals surface area contributed by atoms with Crippen LogP contribution in [0.5, 0.6) is 0 Å². The van der Waals surface area contributed by atoms with Gasteiger partial charge < -0.3 is 0 Å². The van der Waals surface area contributed by atoms with Gasteiger partial charge in [0.05, 0.1) is 12.7 Å². The molecule has 1 aromatic heterocycles. The molecule has 2 fully saturated rings. The molecule has 1 atom stereocenters. The average Bonchev–Trinajstić information content (AvgIpc) is 2.83. The van der Waals surface area contributed by atoms with Crippen molar-refractivity contribution in [3.63, 3.8) is 0 Å². The van der Waals surface area contributed by atoms with Crippen molar-refractivity contribution in [1.82, 2.24) is 19.6 Å². The van der Waals surface area contributed by atoms with Gasteiger partial charge in [-0.15, -0.1) is 6.58 Å². The van der Waals surface area contributed by atoms with Crippen LogP contribution in [0.2, 0.25) is 0 Å². The van der Waals surface area contributed by atoms with E-state index in [2.05, 4.69) is 34.6 Å². The highest BCUT2D eigenvalue weighted by Crippen LogP contribution is 2.25. The summed E-state index contributed by atoms with van der Waals surface area (Å²) >= 11 is 0. The summed E-state index contributed by atoms with van der Waals surface area (Å²) in [5, 5.41) is 4.35. The van der Waals surface area contributed by atoms with E-state index in [-0.39, 0.29) is 0 Å². The van der Waals surface area contributed by atoms with E-state index < -0.39 is 0 Å². The minimum atomic E-state index is 0.784. The molecule has 2 saturated heterocycles. The topological polar surface area (TPSA) is 24.3 Å². The predicted octanol–water partition coefficient (Wildman–Crippen LogP) is 2.13. The zero-order valence-electron chi connectivity index (χ0n) is 12.5. The summed E-state index contributed by atoms with van der Waals surface area (Å²) in [5.74, 6) is 0. The van der Waals surface area contributed by atoms with Crippen molar-refractivity contribution in [2.24, 2.45) is 0 Å². The van der Waals surface area contributed by atoms with E-state index in [1.807, 2.05) is 17.0 Å². The normalized spacial score (nSPS) is 25.6. The van der Waals surface area contributed by atoms with Crippen LogP contribution in [0.15, 0.2) is 25.0 Å². The molecular formula is C16H26N4. The fraction of sp³-hybridized carbons (Fsp3) is 0.688. The quantitative estimate of drug-likeness (QED) is 0.769. The first-order valence-corrected chi connectivity index (χ1v) is 7.86. The molecule has 0 aromatic carbocycles. The molecule has 3 heterocycles. The van der Waals surface area contributed by atoms with Gasteiger partial charge in [0, 0.05) is 43.5 Å². The van der Waals surface area contributed by atoms with Gasteiger partial charge in [-0.3, -0.25) is 14.5 Å². The Kier molecular flexibility index (Phi) is 4.22. The van der Waals surface area contributed by atoms with Crippen molar-refractivity contribution < 1.29 is 0 Å². The minimum Gasteiger partial charge on any atom is -0.296 e. The highest BCUT2D eigenvalue weighted by atomic mass is 15.3. The average molecular weight is 274 g/mol. The molecule has 0 amide bonds. The maximum Gasteiger partial charge on any atom is 0.0587 e. The van der Waals surface area contributed by atoms with Crippen LogP contribution in [0.25, 0.3) is 0 Å². The van der Waals surface area contributed by atoms with Gasteiger partial charge in [0.15, 0.2) is 0 Å². The summed E-state index contributed by atoms with van der Waals surface area (Å²) in [6.07, 6.45) is 10.2. The molecular weight excluding hydrogens is 248 g/mol. The number of piperidine rings is 1. The second-order valence-corrected chi connectivity index (χ2v) is 6.29. The van der Waals surface area contributed by atoms with Gasteiger partial charge >= 0.3 is 0 Å². The second-order valence-electron chi connectivity index (χ2n) is 6.29. The summed E-state index contributed by atoms with van der Waals surface area (Å²) in [6.45, 7) is 11.7. The zero-order valence-corrected chi connectivity index (χ0v) is 12.5. The first kappa shape index (κ1) is 13.8. The van der Waals surface area contributed by atoms with E-state index >= 15 is 0 Å². The molecule has 0 N–H and O–H groups in total. The highest BCUT2D eigenvalue weighted by Gasteiger charge is 2.34. The van der Waals surface area contributed by atoms with E-state index in [1.165, 1.54) is 44.5 Å². The monoisotopic (exact) mass is 274 g/mol. The summed E-state index contributed by atoms with van der Waals surface area (Å²) in [7, 11) is 0. The van der Waals surface area contributed by atoms with E-state index in [1.54, 1.807) is 0 Å². The van der Waals surface area contributed by atoms with Crippen LogP contribution < -0.4 is 0 Å². The van der Waals surface area contributed by atoms with Crippen molar-refractivity contribution in [2.75, 3.05) is 19.6 Å². The molecule has 3 rings (SSSR count). The van der Waals surface area contributed by atoms with Crippen LogP contribution in [0.4, 0.5) is 0 Å². The van der Waals surface area contributed by atoms with Gasteiger partial charge in [-0.25, -0.2) is 0 Å². The molecule has 2 aliphatic rings. The first-order valence-electron chi connectivity index (χ1n) is 7.86. The zero-order chi connectivity index (χ0) is 13.9. The molecule has 20 heavy (non-hydrogen) atoms. The van der Waals surface area contributed by atoms with Crippen molar-refractivity contribution in [3.8, 4) is 0 Å². The number of nitrogens with zero attached hydrogens (tertiary/aromatic N) is 4. The SMILES string of the molecule is C=CCn1cc(CN2CC(N3CCCCC3C)C2)cn1. The Morgan fingerprint density at radius 2 is 2.25 bits per heavy atom. The fourth-order valence-corrected chi connectivity index (χ4v) is 3.52. The second kappa shape index (κ2) is 6.10. The first-order chi connectivity index (χ1) is 9.76. The summed E-state index contributed by atoms with van der Waals surface area (Å²) < 4.78 is 1.95. The molecule has 1 unspecified atom stereocenters. The van der Waals surface area contributed by atoms with E-state index in [9.17, 15) is 0 Å². The number of aromatic nitrogens is 2. The Balaban J connectivity index is 1.46. The molecule has 0 bridgehead atoms. The molecule has 1 aromatic rings. The van der Waals surface area contributed by atoms with Crippen molar-refractivity contribution in [1.29, 1.82) is 0 Å². The van der Waals surface area contributed by atoms with Crippen LogP contribution in [0.1, 0.15) is 31.7 Å². The van der Waals surface area contributed by atoms with Crippen LogP contribution in [-0.4, -0.2) is 51.3 Å². The van der Waals surface area contributed by atoms with E-state index in [0.717, 1.165) is 25.2 Å². The molecule has 0 saturated carbocycles. The molecule has 110 valence electrons. The Morgan fingerprint density at radius 3 is 3.00 bits per heavy atom.